The molecular weight excluding hydrogens is 294 g/mol. The number of esters is 2. The molecule has 0 radical (unpaired) electrons. The van der Waals surface area contributed by atoms with E-state index in [1.807, 2.05) is 13.0 Å². The maximum absolute atomic E-state index is 12.4. The molecule has 0 bridgehead atoms. The van der Waals surface area contributed by atoms with Gasteiger partial charge in [-0.2, -0.15) is 0 Å². The number of pyridine rings is 1. The van der Waals surface area contributed by atoms with Gasteiger partial charge in [-0.05, 0) is 30.7 Å². The fourth-order valence-electron chi connectivity index (χ4n) is 1.93. The highest BCUT2D eigenvalue weighted by Gasteiger charge is 2.28. The van der Waals surface area contributed by atoms with Crippen LogP contribution in [0.3, 0.4) is 0 Å². The molecule has 0 spiro atoms. The van der Waals surface area contributed by atoms with E-state index in [-0.39, 0.29) is 6.42 Å². The molecule has 0 N–H and O–H groups in total. The molecule has 1 atom stereocenters. The molecule has 0 saturated carbocycles. The smallest absolute Gasteiger partial charge is 0.359 e. The predicted molar refractivity (Wildman–Crippen MR) is 84.7 cm³/mol. The van der Waals surface area contributed by atoms with Crippen molar-refractivity contribution in [1.29, 1.82) is 0 Å². The Morgan fingerprint density at radius 1 is 1.09 bits per heavy atom. The van der Waals surface area contributed by atoms with Gasteiger partial charge in [0.2, 0.25) is 6.10 Å². The Balaban J connectivity index is 2.12. The van der Waals surface area contributed by atoms with E-state index < -0.39 is 18.0 Å². The third-order valence-electron chi connectivity index (χ3n) is 3.12. The van der Waals surface area contributed by atoms with Crippen molar-refractivity contribution in [2.24, 2.45) is 0 Å². The number of nitrogens with zero attached hydrogens (tertiary/aromatic N) is 1. The van der Waals surface area contributed by atoms with Crippen LogP contribution in [0.5, 0.6) is 5.75 Å². The molecular formula is C18H19NO4. The number of carbonyl (C=O) groups excluding carboxylic acids is 2. The topological polar surface area (TPSA) is 65.5 Å². The zero-order chi connectivity index (χ0) is 16.5. The molecule has 120 valence electrons. The van der Waals surface area contributed by atoms with E-state index in [1.165, 1.54) is 6.20 Å². The normalized spacial score (nSPS) is 11.5. The summed E-state index contributed by atoms with van der Waals surface area (Å²) in [7, 11) is 0. The lowest BCUT2D eigenvalue weighted by Gasteiger charge is -2.16. The average molecular weight is 313 g/mol. The molecule has 1 heterocycles. The molecule has 2 aromatic rings. The predicted octanol–water partition coefficient (Wildman–Crippen LogP) is 3.46. The van der Waals surface area contributed by atoms with Gasteiger partial charge in [0.15, 0.2) is 0 Å². The number of aromatic nitrogens is 1. The third kappa shape index (κ3) is 5.21. The Kier molecular flexibility index (Phi) is 6.29. The van der Waals surface area contributed by atoms with Crippen LogP contribution in [0.25, 0.3) is 0 Å². The van der Waals surface area contributed by atoms with Gasteiger partial charge in [0, 0.05) is 12.6 Å². The molecule has 0 amide bonds. The van der Waals surface area contributed by atoms with Crippen molar-refractivity contribution in [3.63, 3.8) is 0 Å². The van der Waals surface area contributed by atoms with Crippen molar-refractivity contribution in [3.05, 3.63) is 60.4 Å². The molecule has 2 rings (SSSR count). The fourth-order valence-corrected chi connectivity index (χ4v) is 1.93. The number of hydrogen-bond acceptors (Lipinski definition) is 5. The molecule has 1 unspecified atom stereocenters. The van der Waals surface area contributed by atoms with Gasteiger partial charge >= 0.3 is 11.9 Å². The van der Waals surface area contributed by atoms with Gasteiger partial charge in [0.05, 0.1) is 5.69 Å². The highest BCUT2D eigenvalue weighted by molar-refractivity contribution is 5.81. The summed E-state index contributed by atoms with van der Waals surface area (Å²) in [5.74, 6) is -0.713. The summed E-state index contributed by atoms with van der Waals surface area (Å²) in [6, 6.07) is 13.7. The lowest BCUT2D eigenvalue weighted by Crippen LogP contribution is -2.25. The molecule has 0 fully saturated rings. The molecule has 1 aromatic heterocycles. The second-order valence-corrected chi connectivity index (χ2v) is 4.96. The van der Waals surface area contributed by atoms with E-state index in [0.29, 0.717) is 17.9 Å². The van der Waals surface area contributed by atoms with Crippen molar-refractivity contribution in [1.82, 2.24) is 4.98 Å². The number of unbranched alkanes of at least 4 members (excludes halogenated alkanes) is 1. The van der Waals surface area contributed by atoms with Crippen LogP contribution in [0.1, 0.15) is 38.0 Å². The van der Waals surface area contributed by atoms with E-state index in [1.54, 1.807) is 42.5 Å². The van der Waals surface area contributed by atoms with Gasteiger partial charge < -0.3 is 9.47 Å². The summed E-state index contributed by atoms with van der Waals surface area (Å²) in [4.78, 5) is 28.4. The van der Waals surface area contributed by atoms with Crippen LogP contribution in [-0.4, -0.2) is 16.9 Å². The molecule has 5 heteroatoms. The number of benzene rings is 1. The van der Waals surface area contributed by atoms with Gasteiger partial charge in [0.25, 0.3) is 0 Å². The van der Waals surface area contributed by atoms with Crippen molar-refractivity contribution in [2.75, 3.05) is 0 Å². The Hall–Kier alpha value is -2.69. The van der Waals surface area contributed by atoms with Crippen LogP contribution in [0, 0.1) is 0 Å². The van der Waals surface area contributed by atoms with E-state index in [0.717, 1.165) is 6.42 Å². The molecule has 0 aliphatic carbocycles. The first-order chi connectivity index (χ1) is 11.2. The SMILES string of the molecule is CCCCC(=O)OC(C(=O)Oc1ccccc1)c1ccccn1. The number of para-hydroxylation sites is 1. The van der Waals surface area contributed by atoms with Gasteiger partial charge in [-0.3, -0.25) is 9.78 Å². The van der Waals surface area contributed by atoms with Crippen LogP contribution in [-0.2, 0) is 14.3 Å². The first-order valence-electron chi connectivity index (χ1n) is 7.58. The zero-order valence-electron chi connectivity index (χ0n) is 13.0. The summed E-state index contributed by atoms with van der Waals surface area (Å²) in [6.07, 6.45) is 2.22. The van der Waals surface area contributed by atoms with Gasteiger partial charge in [0.1, 0.15) is 5.75 Å². The van der Waals surface area contributed by atoms with E-state index >= 15 is 0 Å². The number of rotatable bonds is 7. The minimum Gasteiger partial charge on any atom is -0.444 e. The minimum absolute atomic E-state index is 0.262. The first-order valence-corrected chi connectivity index (χ1v) is 7.58. The second-order valence-electron chi connectivity index (χ2n) is 4.96. The van der Waals surface area contributed by atoms with Crippen molar-refractivity contribution in [2.45, 2.75) is 32.3 Å². The quantitative estimate of drug-likeness (QED) is 0.578. The van der Waals surface area contributed by atoms with Gasteiger partial charge in [-0.1, -0.05) is 37.6 Å². The van der Waals surface area contributed by atoms with E-state index in [2.05, 4.69) is 4.98 Å². The largest absolute Gasteiger partial charge is 0.444 e. The molecule has 1 aromatic carbocycles. The summed E-state index contributed by atoms with van der Waals surface area (Å²) < 4.78 is 10.6. The Morgan fingerprint density at radius 3 is 2.48 bits per heavy atom. The summed E-state index contributed by atoms with van der Waals surface area (Å²) in [5, 5.41) is 0. The van der Waals surface area contributed by atoms with Crippen LogP contribution >= 0.6 is 0 Å². The molecule has 23 heavy (non-hydrogen) atoms. The van der Waals surface area contributed by atoms with Crippen LogP contribution in [0.2, 0.25) is 0 Å². The molecule has 0 aliphatic rings. The third-order valence-corrected chi connectivity index (χ3v) is 3.12. The lowest BCUT2D eigenvalue weighted by molar-refractivity contribution is -0.163. The van der Waals surface area contributed by atoms with Crippen molar-refractivity contribution < 1.29 is 19.1 Å². The van der Waals surface area contributed by atoms with Crippen LogP contribution < -0.4 is 4.74 Å². The number of ether oxygens (including phenoxy) is 2. The zero-order valence-corrected chi connectivity index (χ0v) is 13.0. The average Bonchev–Trinajstić information content (AvgIpc) is 2.59. The monoisotopic (exact) mass is 313 g/mol. The maximum atomic E-state index is 12.4. The summed E-state index contributed by atoms with van der Waals surface area (Å²) in [5.41, 5.74) is 0.346. The fraction of sp³-hybridized carbons (Fsp3) is 0.278. The number of carbonyl (C=O) groups is 2. The number of hydrogen-bond donors (Lipinski definition) is 0. The lowest BCUT2D eigenvalue weighted by atomic mass is 10.2. The second kappa shape index (κ2) is 8.68. The standard InChI is InChI=1S/C18H19NO4/c1-2-3-12-16(20)23-17(15-11-7-8-13-19-15)18(21)22-14-9-5-4-6-10-14/h4-11,13,17H,2-3,12H2,1H3. The summed E-state index contributed by atoms with van der Waals surface area (Å²) in [6.45, 7) is 1.98. The summed E-state index contributed by atoms with van der Waals surface area (Å²) >= 11 is 0. The Bertz CT molecular complexity index is 628. The van der Waals surface area contributed by atoms with Crippen LogP contribution in [0.4, 0.5) is 0 Å². The van der Waals surface area contributed by atoms with Gasteiger partial charge in [-0.25, -0.2) is 4.79 Å². The van der Waals surface area contributed by atoms with Crippen LogP contribution in [0.15, 0.2) is 54.7 Å². The highest BCUT2D eigenvalue weighted by atomic mass is 16.6. The van der Waals surface area contributed by atoms with E-state index in [9.17, 15) is 9.59 Å². The first kappa shape index (κ1) is 16.7. The van der Waals surface area contributed by atoms with Crippen molar-refractivity contribution in [3.8, 4) is 5.75 Å². The maximum Gasteiger partial charge on any atom is 0.359 e. The van der Waals surface area contributed by atoms with E-state index in [4.69, 9.17) is 9.47 Å². The Morgan fingerprint density at radius 2 is 1.83 bits per heavy atom. The molecule has 5 nitrogen and oxygen atoms in total. The van der Waals surface area contributed by atoms with Crippen molar-refractivity contribution >= 4 is 11.9 Å². The Labute approximate surface area is 135 Å². The minimum atomic E-state index is -1.17. The molecule has 0 saturated heterocycles. The highest BCUT2D eigenvalue weighted by Crippen LogP contribution is 2.20. The molecule has 0 aliphatic heterocycles. The van der Waals surface area contributed by atoms with Gasteiger partial charge in [-0.15, -0.1) is 0 Å².